The molecule has 2 saturated heterocycles. The van der Waals surface area contributed by atoms with Crippen LogP contribution in [0.2, 0.25) is 0 Å². The van der Waals surface area contributed by atoms with E-state index in [4.69, 9.17) is 4.74 Å². The van der Waals surface area contributed by atoms with Gasteiger partial charge in [-0.25, -0.2) is 0 Å². The normalized spacial score (nSPS) is 22.9. The van der Waals surface area contributed by atoms with Crippen LogP contribution in [-0.2, 0) is 4.74 Å². The van der Waals surface area contributed by atoms with Crippen LogP contribution in [0.1, 0.15) is 37.4 Å². The van der Waals surface area contributed by atoms with Gasteiger partial charge in [0, 0.05) is 32.2 Å². The maximum Gasteiger partial charge on any atom is 0.244 e. The number of ether oxygens (including phenoxy) is 1. The Morgan fingerprint density at radius 2 is 1.94 bits per heavy atom. The molecule has 0 aliphatic carbocycles. The second-order valence-corrected chi connectivity index (χ2v) is 4.60. The molecule has 0 amide bonds. The van der Waals surface area contributed by atoms with Crippen LogP contribution in [0.15, 0.2) is 0 Å². The van der Waals surface area contributed by atoms with Crippen LogP contribution in [-0.4, -0.2) is 41.5 Å². The highest BCUT2D eigenvalue weighted by molar-refractivity contribution is 5.30. The summed E-state index contributed by atoms with van der Waals surface area (Å²) in [7, 11) is 0. The number of hydrogen-bond acceptors (Lipinski definition) is 4. The first-order valence-electron chi connectivity index (χ1n) is 6.18. The Morgan fingerprint density at radius 1 is 1.19 bits per heavy atom. The van der Waals surface area contributed by atoms with Gasteiger partial charge in [0.2, 0.25) is 5.95 Å². The van der Waals surface area contributed by atoms with Crippen LogP contribution in [0.25, 0.3) is 0 Å². The van der Waals surface area contributed by atoms with Gasteiger partial charge in [0.1, 0.15) is 5.82 Å². The van der Waals surface area contributed by atoms with Gasteiger partial charge in [-0.2, -0.15) is 4.98 Å². The van der Waals surface area contributed by atoms with E-state index in [0.717, 1.165) is 50.9 Å². The predicted molar refractivity (Wildman–Crippen MR) is 60.6 cm³/mol. The molecule has 0 spiro atoms. The minimum atomic E-state index is 0.512. The minimum Gasteiger partial charge on any atom is -0.381 e. The predicted octanol–water partition coefficient (Wildman–Crippen LogP) is 1.30. The van der Waals surface area contributed by atoms with Crippen molar-refractivity contribution < 1.29 is 4.74 Å². The Labute approximate surface area is 95.2 Å². The second-order valence-electron chi connectivity index (χ2n) is 4.60. The largest absolute Gasteiger partial charge is 0.381 e. The van der Waals surface area contributed by atoms with Gasteiger partial charge in [-0.15, -0.1) is 5.10 Å². The lowest BCUT2D eigenvalue weighted by atomic mass is 10.00. The summed E-state index contributed by atoms with van der Waals surface area (Å²) in [6.45, 7) is 3.91. The molecule has 2 fully saturated rings. The fourth-order valence-electron chi connectivity index (χ4n) is 2.48. The van der Waals surface area contributed by atoms with Crippen molar-refractivity contribution in [2.75, 3.05) is 31.2 Å². The Hall–Kier alpha value is -1.10. The van der Waals surface area contributed by atoms with E-state index in [0.29, 0.717) is 5.92 Å². The third-order valence-corrected chi connectivity index (χ3v) is 3.49. The van der Waals surface area contributed by atoms with E-state index in [2.05, 4.69) is 20.1 Å². The monoisotopic (exact) mass is 222 g/mol. The molecular weight excluding hydrogens is 204 g/mol. The zero-order chi connectivity index (χ0) is 10.8. The maximum absolute atomic E-state index is 5.36. The number of anilines is 1. The Balaban J connectivity index is 1.71. The molecule has 0 aromatic carbocycles. The number of hydrogen-bond donors (Lipinski definition) is 1. The summed E-state index contributed by atoms with van der Waals surface area (Å²) in [4.78, 5) is 6.88. The molecule has 3 rings (SSSR count). The highest BCUT2D eigenvalue weighted by Gasteiger charge is 2.22. The SMILES string of the molecule is C1CCN(c2n[nH]c(C3CCOCC3)n2)C1. The Morgan fingerprint density at radius 3 is 2.69 bits per heavy atom. The zero-order valence-corrected chi connectivity index (χ0v) is 9.48. The van der Waals surface area contributed by atoms with Crippen LogP contribution in [0.5, 0.6) is 0 Å². The van der Waals surface area contributed by atoms with Crippen LogP contribution < -0.4 is 4.90 Å². The number of nitrogens with one attached hydrogen (secondary N) is 1. The molecule has 1 N–H and O–H groups in total. The molecule has 1 aromatic heterocycles. The first kappa shape index (κ1) is 10.1. The molecule has 1 aromatic rings. The van der Waals surface area contributed by atoms with Crippen molar-refractivity contribution in [2.45, 2.75) is 31.6 Å². The summed E-state index contributed by atoms with van der Waals surface area (Å²) in [5.74, 6) is 2.45. The van der Waals surface area contributed by atoms with Crippen molar-refractivity contribution in [3.8, 4) is 0 Å². The van der Waals surface area contributed by atoms with E-state index in [1.807, 2.05) is 0 Å². The number of aromatic amines is 1. The van der Waals surface area contributed by atoms with Crippen molar-refractivity contribution >= 4 is 5.95 Å². The molecule has 0 radical (unpaired) electrons. The molecule has 2 aliphatic rings. The Bertz CT molecular complexity index is 340. The summed E-state index contributed by atoms with van der Waals surface area (Å²) in [6.07, 6.45) is 4.66. The van der Waals surface area contributed by atoms with Gasteiger partial charge in [0.15, 0.2) is 0 Å². The molecule has 0 saturated carbocycles. The molecule has 2 aliphatic heterocycles. The van der Waals surface area contributed by atoms with Gasteiger partial charge >= 0.3 is 0 Å². The third kappa shape index (κ3) is 1.91. The standard InChI is InChI=1S/C11H18N4O/c1-2-6-15(5-1)11-12-10(13-14-11)9-3-7-16-8-4-9/h9H,1-8H2,(H,12,13,14). The highest BCUT2D eigenvalue weighted by atomic mass is 16.5. The van der Waals surface area contributed by atoms with Crippen molar-refractivity contribution in [3.05, 3.63) is 5.82 Å². The quantitative estimate of drug-likeness (QED) is 0.819. The Kier molecular flexibility index (Phi) is 2.78. The van der Waals surface area contributed by atoms with Crippen LogP contribution in [0.3, 0.4) is 0 Å². The summed E-state index contributed by atoms with van der Waals surface area (Å²) in [5, 5.41) is 7.42. The van der Waals surface area contributed by atoms with Gasteiger partial charge in [0.25, 0.3) is 0 Å². The molecular formula is C11H18N4O. The maximum atomic E-state index is 5.36. The van der Waals surface area contributed by atoms with Crippen molar-refractivity contribution in [3.63, 3.8) is 0 Å². The van der Waals surface area contributed by atoms with Crippen LogP contribution in [0, 0.1) is 0 Å². The number of nitrogens with zero attached hydrogens (tertiary/aromatic N) is 3. The first-order valence-corrected chi connectivity index (χ1v) is 6.18. The smallest absolute Gasteiger partial charge is 0.244 e. The highest BCUT2D eigenvalue weighted by Crippen LogP contribution is 2.25. The van der Waals surface area contributed by atoms with Crippen LogP contribution >= 0.6 is 0 Å². The van der Waals surface area contributed by atoms with E-state index >= 15 is 0 Å². The van der Waals surface area contributed by atoms with E-state index in [1.165, 1.54) is 12.8 Å². The molecule has 0 unspecified atom stereocenters. The van der Waals surface area contributed by atoms with Crippen molar-refractivity contribution in [1.29, 1.82) is 0 Å². The summed E-state index contributed by atoms with van der Waals surface area (Å²) >= 11 is 0. The number of aromatic nitrogens is 3. The van der Waals surface area contributed by atoms with Crippen LogP contribution in [0.4, 0.5) is 5.95 Å². The lowest BCUT2D eigenvalue weighted by molar-refractivity contribution is 0.0836. The minimum absolute atomic E-state index is 0.512. The van der Waals surface area contributed by atoms with E-state index < -0.39 is 0 Å². The van der Waals surface area contributed by atoms with Crippen molar-refractivity contribution in [2.24, 2.45) is 0 Å². The average Bonchev–Trinajstić information content (AvgIpc) is 3.01. The number of rotatable bonds is 2. The summed E-state index contributed by atoms with van der Waals surface area (Å²) in [6, 6.07) is 0. The molecule has 88 valence electrons. The second kappa shape index (κ2) is 4.41. The van der Waals surface area contributed by atoms with Gasteiger partial charge in [-0.3, -0.25) is 5.10 Å². The zero-order valence-electron chi connectivity index (χ0n) is 9.48. The first-order chi connectivity index (χ1) is 7.93. The van der Waals surface area contributed by atoms with Gasteiger partial charge in [-0.1, -0.05) is 0 Å². The van der Waals surface area contributed by atoms with Crippen molar-refractivity contribution in [1.82, 2.24) is 15.2 Å². The van der Waals surface area contributed by atoms with E-state index in [1.54, 1.807) is 0 Å². The fourth-order valence-corrected chi connectivity index (χ4v) is 2.48. The average molecular weight is 222 g/mol. The fraction of sp³-hybridized carbons (Fsp3) is 0.818. The molecule has 0 atom stereocenters. The van der Waals surface area contributed by atoms with E-state index in [-0.39, 0.29) is 0 Å². The van der Waals surface area contributed by atoms with Gasteiger partial charge in [-0.05, 0) is 25.7 Å². The molecule has 5 heteroatoms. The summed E-state index contributed by atoms with van der Waals surface area (Å²) in [5.41, 5.74) is 0. The molecule has 5 nitrogen and oxygen atoms in total. The van der Waals surface area contributed by atoms with E-state index in [9.17, 15) is 0 Å². The topological polar surface area (TPSA) is 54.0 Å². The van der Waals surface area contributed by atoms with Gasteiger partial charge < -0.3 is 9.64 Å². The van der Waals surface area contributed by atoms with Gasteiger partial charge in [0.05, 0.1) is 0 Å². The third-order valence-electron chi connectivity index (χ3n) is 3.49. The number of H-pyrrole nitrogens is 1. The molecule has 16 heavy (non-hydrogen) atoms. The molecule has 0 bridgehead atoms. The lowest BCUT2D eigenvalue weighted by Crippen LogP contribution is -2.19. The lowest BCUT2D eigenvalue weighted by Gasteiger charge is -2.19. The molecule has 3 heterocycles. The summed E-state index contributed by atoms with van der Waals surface area (Å²) < 4.78 is 5.36.